The molecule has 0 spiro atoms. The molecule has 0 fully saturated rings. The molecule has 1 rings (SSSR count). The summed E-state index contributed by atoms with van der Waals surface area (Å²) in [4.78, 5) is 10.0. The van der Waals surface area contributed by atoms with Gasteiger partial charge in [-0.25, -0.2) is 0 Å². The third-order valence-corrected chi connectivity index (χ3v) is 3.43. The minimum Gasteiger partial charge on any atom is -0.425 e. The van der Waals surface area contributed by atoms with Crippen LogP contribution in [0.4, 0.5) is 13.2 Å². The summed E-state index contributed by atoms with van der Waals surface area (Å²) in [7, 11) is -5.22. The standard InChI is InChI=1S/C11H11F3O7S/c12-11(13,14)9-7(21-10(17)6(4-15)5-16)2-1-3-8(9)22(18,19)20/h1-3,6,15-16H,4-5H2,(H,18,19,20). The van der Waals surface area contributed by atoms with E-state index in [1.807, 2.05) is 0 Å². The van der Waals surface area contributed by atoms with Gasteiger partial charge in [0.2, 0.25) is 0 Å². The molecule has 3 N–H and O–H groups in total. The topological polar surface area (TPSA) is 121 Å². The normalized spacial score (nSPS) is 12.5. The summed E-state index contributed by atoms with van der Waals surface area (Å²) in [6, 6.07) is 1.99. The maximum Gasteiger partial charge on any atom is 0.421 e. The minimum atomic E-state index is -5.24. The van der Waals surface area contributed by atoms with Gasteiger partial charge in [-0.3, -0.25) is 9.35 Å². The zero-order valence-electron chi connectivity index (χ0n) is 10.7. The van der Waals surface area contributed by atoms with E-state index in [2.05, 4.69) is 4.74 Å². The summed E-state index contributed by atoms with van der Waals surface area (Å²) in [5.41, 5.74) is -1.86. The fourth-order valence-corrected chi connectivity index (χ4v) is 2.21. The molecule has 1 aromatic carbocycles. The van der Waals surface area contributed by atoms with Crippen LogP contribution in [0, 0.1) is 5.92 Å². The summed E-state index contributed by atoms with van der Waals surface area (Å²) in [5.74, 6) is -4.04. The van der Waals surface area contributed by atoms with Crippen molar-refractivity contribution in [3.8, 4) is 5.75 Å². The number of hydrogen-bond donors (Lipinski definition) is 3. The second-order valence-corrected chi connectivity index (χ2v) is 5.48. The van der Waals surface area contributed by atoms with Crippen LogP contribution in [0.3, 0.4) is 0 Å². The van der Waals surface area contributed by atoms with Crippen molar-refractivity contribution in [2.45, 2.75) is 11.1 Å². The largest absolute Gasteiger partial charge is 0.425 e. The Bertz CT molecular complexity index is 650. The van der Waals surface area contributed by atoms with Gasteiger partial charge < -0.3 is 14.9 Å². The highest BCUT2D eigenvalue weighted by Gasteiger charge is 2.41. The molecule has 0 saturated heterocycles. The van der Waals surface area contributed by atoms with E-state index in [0.717, 1.165) is 6.07 Å². The number of ether oxygens (including phenoxy) is 1. The first-order valence-electron chi connectivity index (χ1n) is 5.63. The molecule has 0 saturated carbocycles. The van der Waals surface area contributed by atoms with Crippen molar-refractivity contribution in [2.24, 2.45) is 5.92 Å². The van der Waals surface area contributed by atoms with E-state index in [-0.39, 0.29) is 0 Å². The Morgan fingerprint density at radius 2 is 1.77 bits per heavy atom. The summed E-state index contributed by atoms with van der Waals surface area (Å²) in [6.07, 6.45) is -5.24. The molecule has 7 nitrogen and oxygen atoms in total. The van der Waals surface area contributed by atoms with Crippen LogP contribution in [0.5, 0.6) is 5.75 Å². The lowest BCUT2D eigenvalue weighted by atomic mass is 10.1. The molecule has 11 heteroatoms. The Morgan fingerprint density at radius 3 is 2.18 bits per heavy atom. The summed E-state index contributed by atoms with van der Waals surface area (Å²) < 4.78 is 74.2. The lowest BCUT2D eigenvalue weighted by molar-refractivity contribution is -0.147. The first-order chi connectivity index (χ1) is 10.0. The SMILES string of the molecule is O=C(Oc1cccc(S(=O)(=O)O)c1C(F)(F)F)C(CO)CO. The molecular formula is C11H11F3O7S. The molecule has 0 aliphatic rings. The number of esters is 1. The van der Waals surface area contributed by atoms with Crippen LogP contribution < -0.4 is 4.74 Å². The van der Waals surface area contributed by atoms with E-state index in [0.29, 0.717) is 12.1 Å². The van der Waals surface area contributed by atoms with Gasteiger partial charge >= 0.3 is 12.1 Å². The lowest BCUT2D eigenvalue weighted by Gasteiger charge is -2.17. The predicted molar refractivity (Wildman–Crippen MR) is 64.6 cm³/mol. The van der Waals surface area contributed by atoms with Gasteiger partial charge in [-0.05, 0) is 12.1 Å². The molecule has 0 atom stereocenters. The number of aliphatic hydroxyl groups is 2. The highest BCUT2D eigenvalue weighted by molar-refractivity contribution is 7.85. The van der Waals surface area contributed by atoms with E-state index in [1.165, 1.54) is 0 Å². The Balaban J connectivity index is 3.41. The molecule has 0 radical (unpaired) electrons. The molecule has 0 unspecified atom stereocenters. The summed E-state index contributed by atoms with van der Waals surface area (Å²) in [6.45, 7) is -1.76. The summed E-state index contributed by atoms with van der Waals surface area (Å²) >= 11 is 0. The maximum atomic E-state index is 13.0. The molecule has 0 aromatic heterocycles. The summed E-state index contributed by atoms with van der Waals surface area (Å²) in [5, 5.41) is 17.5. The minimum absolute atomic E-state index is 0.491. The van der Waals surface area contributed by atoms with Crippen LogP contribution in [0.25, 0.3) is 0 Å². The van der Waals surface area contributed by atoms with Gasteiger partial charge in [-0.15, -0.1) is 0 Å². The van der Waals surface area contributed by atoms with Crippen LogP contribution in [0.1, 0.15) is 5.56 Å². The molecule has 0 aliphatic heterocycles. The van der Waals surface area contributed by atoms with Gasteiger partial charge in [0.15, 0.2) is 0 Å². The van der Waals surface area contributed by atoms with Gasteiger partial charge in [0.1, 0.15) is 22.1 Å². The van der Waals surface area contributed by atoms with Gasteiger partial charge in [0.25, 0.3) is 10.1 Å². The number of alkyl halides is 3. The first kappa shape index (κ1) is 18.4. The Hall–Kier alpha value is -1.69. The van der Waals surface area contributed by atoms with Crippen LogP contribution in [-0.2, 0) is 21.1 Å². The molecule has 0 heterocycles. The van der Waals surface area contributed by atoms with Gasteiger partial charge in [0, 0.05) is 0 Å². The van der Waals surface area contributed by atoms with E-state index >= 15 is 0 Å². The van der Waals surface area contributed by atoms with Crippen LogP contribution in [0.15, 0.2) is 23.1 Å². The second-order valence-electron chi connectivity index (χ2n) is 4.09. The van der Waals surface area contributed by atoms with Crippen molar-refractivity contribution >= 4 is 16.1 Å². The number of rotatable bonds is 5. The Morgan fingerprint density at radius 1 is 1.23 bits per heavy atom. The van der Waals surface area contributed by atoms with Gasteiger partial charge in [-0.2, -0.15) is 21.6 Å². The van der Waals surface area contributed by atoms with E-state index < -0.39 is 57.6 Å². The Labute approximate surface area is 122 Å². The quantitative estimate of drug-likeness (QED) is 0.403. The number of aliphatic hydroxyl groups excluding tert-OH is 2. The van der Waals surface area contributed by atoms with Gasteiger partial charge in [0.05, 0.1) is 13.2 Å². The highest BCUT2D eigenvalue weighted by atomic mass is 32.2. The molecule has 0 amide bonds. The number of hydrogen-bond acceptors (Lipinski definition) is 6. The molecule has 1 aromatic rings. The number of carbonyl (C=O) groups excluding carboxylic acids is 1. The number of benzene rings is 1. The average molecular weight is 344 g/mol. The number of carbonyl (C=O) groups is 1. The fraction of sp³-hybridized carbons (Fsp3) is 0.364. The van der Waals surface area contributed by atoms with E-state index in [1.54, 1.807) is 0 Å². The zero-order chi connectivity index (χ0) is 17.1. The molecule has 0 aliphatic carbocycles. The Kier molecular flexibility index (Phi) is 5.51. The highest BCUT2D eigenvalue weighted by Crippen LogP contribution is 2.40. The van der Waals surface area contributed by atoms with Crippen molar-refractivity contribution in [1.29, 1.82) is 0 Å². The van der Waals surface area contributed by atoms with Gasteiger partial charge in [-0.1, -0.05) is 6.07 Å². The third-order valence-electron chi connectivity index (χ3n) is 2.53. The van der Waals surface area contributed by atoms with Crippen molar-refractivity contribution in [2.75, 3.05) is 13.2 Å². The molecular weight excluding hydrogens is 333 g/mol. The van der Waals surface area contributed by atoms with Crippen molar-refractivity contribution in [3.63, 3.8) is 0 Å². The van der Waals surface area contributed by atoms with Crippen molar-refractivity contribution in [1.82, 2.24) is 0 Å². The van der Waals surface area contributed by atoms with Crippen molar-refractivity contribution < 1.29 is 45.9 Å². The third kappa shape index (κ3) is 4.16. The van der Waals surface area contributed by atoms with E-state index in [9.17, 15) is 26.4 Å². The van der Waals surface area contributed by atoms with Crippen LogP contribution in [0.2, 0.25) is 0 Å². The van der Waals surface area contributed by atoms with Crippen LogP contribution >= 0.6 is 0 Å². The second kappa shape index (κ2) is 6.60. The molecule has 22 heavy (non-hydrogen) atoms. The number of halogens is 3. The van der Waals surface area contributed by atoms with E-state index in [4.69, 9.17) is 14.8 Å². The molecule has 124 valence electrons. The maximum absolute atomic E-state index is 13.0. The fourth-order valence-electron chi connectivity index (χ4n) is 1.49. The average Bonchev–Trinajstić information content (AvgIpc) is 2.37. The first-order valence-corrected chi connectivity index (χ1v) is 7.07. The lowest BCUT2D eigenvalue weighted by Crippen LogP contribution is -2.28. The predicted octanol–water partition coefficient (Wildman–Crippen LogP) is 0.458. The molecule has 0 bridgehead atoms. The monoisotopic (exact) mass is 344 g/mol. The smallest absolute Gasteiger partial charge is 0.421 e. The van der Waals surface area contributed by atoms with Crippen molar-refractivity contribution in [3.05, 3.63) is 23.8 Å². The van der Waals surface area contributed by atoms with Crippen LogP contribution in [-0.4, -0.2) is 42.4 Å². The zero-order valence-corrected chi connectivity index (χ0v) is 11.6.